The molecule has 0 unspecified atom stereocenters. The van der Waals surface area contributed by atoms with Crippen LogP contribution in [0.3, 0.4) is 0 Å². The summed E-state index contributed by atoms with van der Waals surface area (Å²) in [6, 6.07) is 0.879. The predicted octanol–water partition coefficient (Wildman–Crippen LogP) is 1.85. The van der Waals surface area contributed by atoms with Crippen LogP contribution in [0.1, 0.15) is 24.2 Å². The number of aliphatic hydroxyl groups is 1. The Hall–Kier alpha value is -1.56. The molecule has 0 heterocycles. The molecule has 0 spiro atoms. The van der Waals surface area contributed by atoms with E-state index in [9.17, 15) is 18.0 Å². The Morgan fingerprint density at radius 1 is 1.28 bits per heavy atom. The van der Waals surface area contributed by atoms with Crippen LogP contribution < -0.4 is 5.32 Å². The first-order valence-electron chi connectivity index (χ1n) is 5.30. The van der Waals surface area contributed by atoms with Gasteiger partial charge < -0.3 is 10.4 Å². The van der Waals surface area contributed by atoms with Crippen molar-refractivity contribution in [2.45, 2.75) is 13.8 Å². The Morgan fingerprint density at radius 2 is 1.78 bits per heavy atom. The van der Waals surface area contributed by atoms with Gasteiger partial charge in [0.1, 0.15) is 23.0 Å². The fraction of sp³-hybridized carbons (Fsp3) is 0.417. The number of rotatable bonds is 4. The molecule has 0 aromatic heterocycles. The van der Waals surface area contributed by atoms with Crippen molar-refractivity contribution in [3.05, 3.63) is 35.1 Å². The monoisotopic (exact) mass is 261 g/mol. The summed E-state index contributed by atoms with van der Waals surface area (Å²) >= 11 is 0. The fourth-order valence-electron chi connectivity index (χ4n) is 1.22. The van der Waals surface area contributed by atoms with Gasteiger partial charge in [-0.1, -0.05) is 13.8 Å². The molecule has 0 fully saturated rings. The maximum atomic E-state index is 13.3. The Morgan fingerprint density at radius 3 is 2.22 bits per heavy atom. The van der Waals surface area contributed by atoms with Crippen LogP contribution in [0.5, 0.6) is 0 Å². The summed E-state index contributed by atoms with van der Waals surface area (Å²) in [6.07, 6.45) is 0. The summed E-state index contributed by atoms with van der Waals surface area (Å²) in [6.45, 7) is 3.19. The lowest BCUT2D eigenvalue weighted by atomic mass is 9.95. The van der Waals surface area contributed by atoms with E-state index in [1.54, 1.807) is 13.8 Å². The van der Waals surface area contributed by atoms with Gasteiger partial charge >= 0.3 is 0 Å². The minimum absolute atomic E-state index is 0.0403. The van der Waals surface area contributed by atoms with Crippen LogP contribution in [0.25, 0.3) is 0 Å². The zero-order chi connectivity index (χ0) is 13.9. The van der Waals surface area contributed by atoms with Crippen molar-refractivity contribution in [2.75, 3.05) is 13.2 Å². The van der Waals surface area contributed by atoms with E-state index in [1.807, 2.05) is 0 Å². The first kappa shape index (κ1) is 14.5. The summed E-state index contributed by atoms with van der Waals surface area (Å²) in [7, 11) is 0. The van der Waals surface area contributed by atoms with Crippen LogP contribution in [0, 0.1) is 22.9 Å². The van der Waals surface area contributed by atoms with Crippen LogP contribution >= 0.6 is 0 Å². The summed E-state index contributed by atoms with van der Waals surface area (Å²) in [5.41, 5.74) is -1.44. The number of carbonyl (C=O) groups excluding carboxylic acids is 1. The molecule has 0 aliphatic carbocycles. The van der Waals surface area contributed by atoms with Gasteiger partial charge in [-0.15, -0.1) is 0 Å². The van der Waals surface area contributed by atoms with Crippen molar-refractivity contribution in [3.8, 4) is 0 Å². The molecule has 3 nitrogen and oxygen atoms in total. The largest absolute Gasteiger partial charge is 0.396 e. The highest BCUT2D eigenvalue weighted by atomic mass is 19.1. The van der Waals surface area contributed by atoms with Gasteiger partial charge in [0.15, 0.2) is 0 Å². The molecule has 100 valence electrons. The summed E-state index contributed by atoms with van der Waals surface area (Å²) in [5.74, 6) is -4.58. The molecule has 1 aromatic carbocycles. The van der Waals surface area contributed by atoms with Gasteiger partial charge in [0.2, 0.25) is 0 Å². The number of carbonyl (C=O) groups is 1. The maximum absolute atomic E-state index is 13.3. The molecule has 0 radical (unpaired) electrons. The highest BCUT2D eigenvalue weighted by Crippen LogP contribution is 2.16. The summed E-state index contributed by atoms with van der Waals surface area (Å²) in [4.78, 5) is 11.6. The quantitative estimate of drug-likeness (QED) is 0.869. The van der Waals surface area contributed by atoms with Crippen LogP contribution in [-0.2, 0) is 0 Å². The molecule has 2 N–H and O–H groups in total. The summed E-state index contributed by atoms with van der Waals surface area (Å²) < 4.78 is 39.2. The van der Waals surface area contributed by atoms with E-state index in [2.05, 4.69) is 5.32 Å². The minimum Gasteiger partial charge on any atom is -0.396 e. The van der Waals surface area contributed by atoms with E-state index < -0.39 is 34.3 Å². The van der Waals surface area contributed by atoms with Gasteiger partial charge in [-0.3, -0.25) is 4.79 Å². The second kappa shape index (κ2) is 5.39. The topological polar surface area (TPSA) is 49.3 Å². The van der Waals surface area contributed by atoms with Crippen molar-refractivity contribution in [1.82, 2.24) is 5.32 Å². The molecule has 0 aliphatic heterocycles. The maximum Gasteiger partial charge on any atom is 0.257 e. The first-order chi connectivity index (χ1) is 8.26. The number of amides is 1. The number of hydrogen-bond acceptors (Lipinski definition) is 2. The third kappa shape index (κ3) is 3.46. The standard InChI is InChI=1S/C12H14F3NO2/c1-12(2,6-17)5-16-11(18)10-8(14)3-7(13)4-9(10)15/h3-4,17H,5-6H2,1-2H3,(H,16,18). The lowest BCUT2D eigenvalue weighted by Gasteiger charge is -2.21. The predicted molar refractivity (Wildman–Crippen MR) is 59.5 cm³/mol. The number of aliphatic hydroxyl groups excluding tert-OH is 1. The molecule has 0 saturated carbocycles. The van der Waals surface area contributed by atoms with E-state index in [-0.39, 0.29) is 13.2 Å². The van der Waals surface area contributed by atoms with Crippen molar-refractivity contribution in [1.29, 1.82) is 0 Å². The normalized spacial score (nSPS) is 11.4. The van der Waals surface area contributed by atoms with Gasteiger partial charge in [-0.25, -0.2) is 13.2 Å². The van der Waals surface area contributed by atoms with Crippen molar-refractivity contribution >= 4 is 5.91 Å². The average Bonchev–Trinajstić information content (AvgIpc) is 2.25. The van der Waals surface area contributed by atoms with Gasteiger partial charge in [0, 0.05) is 30.7 Å². The molecular weight excluding hydrogens is 247 g/mol. The van der Waals surface area contributed by atoms with Crippen LogP contribution in [0.2, 0.25) is 0 Å². The second-order valence-corrected chi connectivity index (χ2v) is 4.75. The van der Waals surface area contributed by atoms with Crippen LogP contribution in [0.15, 0.2) is 12.1 Å². The summed E-state index contributed by atoms with van der Waals surface area (Å²) in [5, 5.41) is 11.3. The fourth-order valence-corrected chi connectivity index (χ4v) is 1.22. The molecule has 0 saturated heterocycles. The van der Waals surface area contributed by atoms with Crippen molar-refractivity contribution < 1.29 is 23.1 Å². The Kier molecular flexibility index (Phi) is 4.34. The Balaban J connectivity index is 2.86. The lowest BCUT2D eigenvalue weighted by Crippen LogP contribution is -2.36. The third-order valence-electron chi connectivity index (χ3n) is 2.39. The van der Waals surface area contributed by atoms with Gasteiger partial charge in [0.25, 0.3) is 5.91 Å². The highest BCUT2D eigenvalue weighted by molar-refractivity contribution is 5.94. The molecule has 1 aromatic rings. The van der Waals surface area contributed by atoms with E-state index in [4.69, 9.17) is 5.11 Å². The first-order valence-corrected chi connectivity index (χ1v) is 5.30. The molecule has 0 atom stereocenters. The number of hydrogen-bond donors (Lipinski definition) is 2. The average molecular weight is 261 g/mol. The molecular formula is C12H14F3NO2. The van der Waals surface area contributed by atoms with Gasteiger partial charge in [0.05, 0.1) is 0 Å². The molecule has 6 heteroatoms. The molecule has 18 heavy (non-hydrogen) atoms. The van der Waals surface area contributed by atoms with E-state index in [1.165, 1.54) is 0 Å². The zero-order valence-electron chi connectivity index (χ0n) is 10.1. The Labute approximate surface area is 103 Å². The van der Waals surface area contributed by atoms with Crippen molar-refractivity contribution in [3.63, 3.8) is 0 Å². The SMILES string of the molecule is CC(C)(CO)CNC(=O)c1c(F)cc(F)cc1F. The number of halogens is 3. The molecule has 1 rings (SSSR count). The van der Waals surface area contributed by atoms with Crippen molar-refractivity contribution in [2.24, 2.45) is 5.41 Å². The number of nitrogens with one attached hydrogen (secondary N) is 1. The third-order valence-corrected chi connectivity index (χ3v) is 2.39. The van der Waals surface area contributed by atoms with E-state index in [0.717, 1.165) is 0 Å². The van der Waals surface area contributed by atoms with Gasteiger partial charge in [-0.05, 0) is 0 Å². The highest BCUT2D eigenvalue weighted by Gasteiger charge is 2.22. The van der Waals surface area contributed by atoms with Crippen LogP contribution in [0.4, 0.5) is 13.2 Å². The van der Waals surface area contributed by atoms with Gasteiger partial charge in [-0.2, -0.15) is 0 Å². The second-order valence-electron chi connectivity index (χ2n) is 4.75. The zero-order valence-corrected chi connectivity index (χ0v) is 10.1. The number of benzene rings is 1. The minimum atomic E-state index is -1.26. The lowest BCUT2D eigenvalue weighted by molar-refractivity contribution is 0.0902. The molecule has 0 aliphatic rings. The van der Waals surface area contributed by atoms with E-state index in [0.29, 0.717) is 12.1 Å². The molecule has 1 amide bonds. The van der Waals surface area contributed by atoms with Crippen LogP contribution in [-0.4, -0.2) is 24.2 Å². The van der Waals surface area contributed by atoms with E-state index >= 15 is 0 Å². The smallest absolute Gasteiger partial charge is 0.257 e. The Bertz CT molecular complexity index is 438. The molecule has 0 bridgehead atoms.